The SMILES string of the molecule is COc1cc2c(cc1C(=O)O)C(=O)C=CC2. The summed E-state index contributed by atoms with van der Waals surface area (Å²) in [7, 11) is 1.41. The summed E-state index contributed by atoms with van der Waals surface area (Å²) < 4.78 is 4.99. The van der Waals surface area contributed by atoms with E-state index >= 15 is 0 Å². The molecule has 0 fully saturated rings. The fourth-order valence-corrected chi connectivity index (χ4v) is 1.74. The first-order valence-corrected chi connectivity index (χ1v) is 4.78. The molecule has 0 heterocycles. The zero-order valence-electron chi connectivity index (χ0n) is 8.69. The number of ketones is 1. The third-order valence-corrected chi connectivity index (χ3v) is 2.53. The van der Waals surface area contributed by atoms with Crippen LogP contribution in [0, 0.1) is 0 Å². The quantitative estimate of drug-likeness (QED) is 0.820. The Morgan fingerprint density at radius 3 is 2.81 bits per heavy atom. The summed E-state index contributed by atoms with van der Waals surface area (Å²) in [5, 5.41) is 8.98. The van der Waals surface area contributed by atoms with E-state index in [0.717, 1.165) is 5.56 Å². The average molecular weight is 218 g/mol. The molecule has 4 heteroatoms. The van der Waals surface area contributed by atoms with Gasteiger partial charge in [-0.15, -0.1) is 0 Å². The van der Waals surface area contributed by atoms with Gasteiger partial charge in [0, 0.05) is 5.56 Å². The Balaban J connectivity index is 2.63. The number of methoxy groups -OCH3 is 1. The molecule has 82 valence electrons. The van der Waals surface area contributed by atoms with Crippen LogP contribution >= 0.6 is 0 Å². The maximum Gasteiger partial charge on any atom is 0.339 e. The molecule has 2 rings (SSSR count). The van der Waals surface area contributed by atoms with Crippen LogP contribution in [-0.4, -0.2) is 24.0 Å². The molecule has 0 saturated carbocycles. The van der Waals surface area contributed by atoms with Crippen LogP contribution < -0.4 is 4.74 Å². The van der Waals surface area contributed by atoms with Gasteiger partial charge in [0.1, 0.15) is 11.3 Å². The van der Waals surface area contributed by atoms with Crippen LogP contribution in [-0.2, 0) is 6.42 Å². The second kappa shape index (κ2) is 3.81. The minimum Gasteiger partial charge on any atom is -0.496 e. The molecule has 0 aromatic heterocycles. The number of aromatic carboxylic acids is 1. The summed E-state index contributed by atoms with van der Waals surface area (Å²) in [6, 6.07) is 2.99. The van der Waals surface area contributed by atoms with E-state index in [1.807, 2.05) is 0 Å². The molecule has 1 aromatic carbocycles. The van der Waals surface area contributed by atoms with E-state index in [1.54, 1.807) is 12.1 Å². The summed E-state index contributed by atoms with van der Waals surface area (Å²) in [4.78, 5) is 22.5. The molecule has 1 aliphatic carbocycles. The zero-order chi connectivity index (χ0) is 11.7. The van der Waals surface area contributed by atoms with Gasteiger partial charge in [0.25, 0.3) is 0 Å². The predicted octanol–water partition coefficient (Wildman–Crippen LogP) is 1.69. The molecule has 1 aromatic rings. The fourth-order valence-electron chi connectivity index (χ4n) is 1.74. The Kier molecular flexibility index (Phi) is 2.48. The lowest BCUT2D eigenvalue weighted by atomic mass is 9.93. The van der Waals surface area contributed by atoms with E-state index < -0.39 is 5.97 Å². The molecule has 0 radical (unpaired) electrons. The maximum absolute atomic E-state index is 11.5. The molecule has 0 bridgehead atoms. The van der Waals surface area contributed by atoms with Gasteiger partial charge in [0.05, 0.1) is 7.11 Å². The van der Waals surface area contributed by atoms with Crippen molar-refractivity contribution in [1.82, 2.24) is 0 Å². The first-order valence-electron chi connectivity index (χ1n) is 4.78. The summed E-state index contributed by atoms with van der Waals surface area (Å²) in [5.41, 5.74) is 1.26. The van der Waals surface area contributed by atoms with Crippen molar-refractivity contribution in [3.8, 4) is 5.75 Å². The van der Waals surface area contributed by atoms with E-state index in [1.165, 1.54) is 19.3 Å². The second-order valence-electron chi connectivity index (χ2n) is 3.49. The number of carboxylic acids is 1. The summed E-state index contributed by atoms with van der Waals surface area (Å²) in [6.07, 6.45) is 3.84. The number of benzene rings is 1. The molecule has 0 saturated heterocycles. The number of carbonyl (C=O) groups is 2. The van der Waals surface area contributed by atoms with Crippen molar-refractivity contribution in [3.05, 3.63) is 41.0 Å². The van der Waals surface area contributed by atoms with Crippen LogP contribution in [0.25, 0.3) is 0 Å². The van der Waals surface area contributed by atoms with Crippen molar-refractivity contribution in [2.75, 3.05) is 7.11 Å². The molecule has 16 heavy (non-hydrogen) atoms. The third kappa shape index (κ3) is 1.58. The molecule has 0 spiro atoms. The molecule has 1 aliphatic rings. The minimum atomic E-state index is -1.10. The Labute approximate surface area is 92.2 Å². The van der Waals surface area contributed by atoms with Crippen LogP contribution in [0.1, 0.15) is 26.3 Å². The summed E-state index contributed by atoms with van der Waals surface area (Å²) >= 11 is 0. The van der Waals surface area contributed by atoms with Crippen molar-refractivity contribution >= 4 is 11.8 Å². The van der Waals surface area contributed by atoms with Crippen LogP contribution in [0.3, 0.4) is 0 Å². The highest BCUT2D eigenvalue weighted by Gasteiger charge is 2.19. The van der Waals surface area contributed by atoms with E-state index in [9.17, 15) is 9.59 Å². The number of carbonyl (C=O) groups excluding carboxylic acids is 1. The highest BCUT2D eigenvalue weighted by Crippen LogP contribution is 2.26. The minimum absolute atomic E-state index is 0.0184. The van der Waals surface area contributed by atoms with Crippen LogP contribution in [0.4, 0.5) is 0 Å². The van der Waals surface area contributed by atoms with Crippen molar-refractivity contribution in [2.45, 2.75) is 6.42 Å². The monoisotopic (exact) mass is 218 g/mol. The smallest absolute Gasteiger partial charge is 0.339 e. The molecule has 0 amide bonds. The van der Waals surface area contributed by atoms with Gasteiger partial charge >= 0.3 is 5.97 Å². The lowest BCUT2D eigenvalue weighted by molar-refractivity contribution is 0.0693. The van der Waals surface area contributed by atoms with Gasteiger partial charge in [-0.2, -0.15) is 0 Å². The lowest BCUT2D eigenvalue weighted by Crippen LogP contribution is -2.10. The van der Waals surface area contributed by atoms with Gasteiger partial charge < -0.3 is 9.84 Å². The molecular formula is C12H10O4. The first-order chi connectivity index (χ1) is 7.63. The van der Waals surface area contributed by atoms with Crippen molar-refractivity contribution < 1.29 is 19.4 Å². The normalized spacial score (nSPS) is 13.4. The van der Waals surface area contributed by atoms with E-state index in [0.29, 0.717) is 12.0 Å². The van der Waals surface area contributed by atoms with Gasteiger partial charge in [-0.3, -0.25) is 4.79 Å². The number of rotatable bonds is 2. The van der Waals surface area contributed by atoms with Gasteiger partial charge in [0.15, 0.2) is 5.78 Å². The average Bonchev–Trinajstić information content (AvgIpc) is 2.27. The molecular weight excluding hydrogens is 208 g/mol. The van der Waals surface area contributed by atoms with Gasteiger partial charge in [0.2, 0.25) is 0 Å². The molecule has 0 aliphatic heterocycles. The van der Waals surface area contributed by atoms with Crippen molar-refractivity contribution in [3.63, 3.8) is 0 Å². The zero-order valence-corrected chi connectivity index (χ0v) is 8.69. The molecule has 0 unspecified atom stereocenters. The fraction of sp³-hybridized carbons (Fsp3) is 0.167. The van der Waals surface area contributed by atoms with Gasteiger partial charge in [-0.05, 0) is 30.2 Å². The maximum atomic E-state index is 11.5. The predicted molar refractivity (Wildman–Crippen MR) is 57.1 cm³/mol. The van der Waals surface area contributed by atoms with Gasteiger partial charge in [-0.25, -0.2) is 4.79 Å². The largest absolute Gasteiger partial charge is 0.496 e. The number of carboxylic acid groups (broad SMARTS) is 1. The number of allylic oxidation sites excluding steroid dienone is 2. The lowest BCUT2D eigenvalue weighted by Gasteiger charge is -2.13. The Bertz CT molecular complexity index is 500. The summed E-state index contributed by atoms with van der Waals surface area (Å²) in [5.74, 6) is -0.970. The van der Waals surface area contributed by atoms with Crippen molar-refractivity contribution in [1.29, 1.82) is 0 Å². The number of hydrogen-bond donors (Lipinski definition) is 1. The molecule has 1 N–H and O–H groups in total. The standard InChI is InChI=1S/C12H10O4/c1-16-11-5-7-3-2-4-10(13)8(7)6-9(11)12(14)15/h2,4-6H,3H2,1H3,(H,14,15). The Hall–Kier alpha value is -2.10. The number of hydrogen-bond acceptors (Lipinski definition) is 3. The topological polar surface area (TPSA) is 63.6 Å². The van der Waals surface area contributed by atoms with Gasteiger partial charge in [-0.1, -0.05) is 6.08 Å². The van der Waals surface area contributed by atoms with Crippen LogP contribution in [0.5, 0.6) is 5.75 Å². The van der Waals surface area contributed by atoms with E-state index in [-0.39, 0.29) is 17.1 Å². The van der Waals surface area contributed by atoms with Crippen molar-refractivity contribution in [2.24, 2.45) is 0 Å². The number of fused-ring (bicyclic) bond motifs is 1. The van der Waals surface area contributed by atoms with Crippen LogP contribution in [0.15, 0.2) is 24.3 Å². The van der Waals surface area contributed by atoms with E-state index in [4.69, 9.17) is 9.84 Å². The molecule has 4 nitrogen and oxygen atoms in total. The van der Waals surface area contributed by atoms with E-state index in [2.05, 4.69) is 0 Å². The first kappa shape index (κ1) is 10.4. The highest BCUT2D eigenvalue weighted by atomic mass is 16.5. The third-order valence-electron chi connectivity index (χ3n) is 2.53. The van der Waals surface area contributed by atoms with Crippen LogP contribution in [0.2, 0.25) is 0 Å². The Morgan fingerprint density at radius 1 is 1.44 bits per heavy atom. The highest BCUT2D eigenvalue weighted by molar-refractivity contribution is 6.08. The number of ether oxygens (including phenoxy) is 1. The Morgan fingerprint density at radius 2 is 2.19 bits per heavy atom. The molecule has 0 atom stereocenters. The second-order valence-corrected chi connectivity index (χ2v) is 3.49. The summed E-state index contributed by atoms with van der Waals surface area (Å²) in [6.45, 7) is 0.